The summed E-state index contributed by atoms with van der Waals surface area (Å²) in [5.74, 6) is 0.875. The zero-order valence-electron chi connectivity index (χ0n) is 13.3. The minimum Gasteiger partial charge on any atom is -0.497 e. The molecule has 2 rings (SSSR count). The lowest BCUT2D eigenvalue weighted by Gasteiger charge is -2.30. The Morgan fingerprint density at radius 1 is 1.36 bits per heavy atom. The molecule has 122 valence electrons. The van der Waals surface area contributed by atoms with Crippen molar-refractivity contribution in [2.45, 2.75) is 38.2 Å². The third-order valence-electron chi connectivity index (χ3n) is 4.01. The van der Waals surface area contributed by atoms with Crippen molar-refractivity contribution >= 4 is 6.03 Å². The summed E-state index contributed by atoms with van der Waals surface area (Å²) in [4.78, 5) is 13.6. The lowest BCUT2D eigenvalue weighted by atomic mass is 10.1. The van der Waals surface area contributed by atoms with Crippen molar-refractivity contribution in [2.75, 3.05) is 26.7 Å². The largest absolute Gasteiger partial charge is 0.497 e. The molecule has 0 unspecified atom stereocenters. The van der Waals surface area contributed by atoms with Crippen LogP contribution in [-0.2, 0) is 6.42 Å². The number of rotatable bonds is 6. The highest BCUT2D eigenvalue weighted by atomic mass is 16.5. The average Bonchev–Trinajstić information content (AvgIpc) is 2.55. The fraction of sp³-hybridized carbons (Fsp3) is 0.588. The molecule has 2 N–H and O–H groups in total. The van der Waals surface area contributed by atoms with Crippen molar-refractivity contribution in [3.63, 3.8) is 0 Å². The molecule has 0 radical (unpaired) electrons. The van der Waals surface area contributed by atoms with Crippen LogP contribution in [0.4, 0.5) is 4.79 Å². The maximum atomic E-state index is 11.9. The molecule has 1 fully saturated rings. The van der Waals surface area contributed by atoms with Gasteiger partial charge >= 0.3 is 6.03 Å². The number of hydrogen-bond acceptors (Lipinski definition) is 3. The molecule has 5 heteroatoms. The Morgan fingerprint density at radius 3 is 2.82 bits per heavy atom. The van der Waals surface area contributed by atoms with Gasteiger partial charge in [0.2, 0.25) is 0 Å². The van der Waals surface area contributed by atoms with Gasteiger partial charge in [-0.15, -0.1) is 0 Å². The number of methoxy groups -OCH3 is 1. The normalized spacial score (nSPS) is 18.1. The summed E-state index contributed by atoms with van der Waals surface area (Å²) in [5.41, 5.74) is 1.28. The number of nitrogens with zero attached hydrogens (tertiary/aromatic N) is 1. The summed E-state index contributed by atoms with van der Waals surface area (Å²) < 4.78 is 5.13. The Balaban J connectivity index is 1.59. The van der Waals surface area contributed by atoms with Crippen molar-refractivity contribution in [3.05, 3.63) is 29.8 Å². The number of amides is 2. The number of aliphatic hydroxyl groups excluding tert-OH is 1. The van der Waals surface area contributed by atoms with Gasteiger partial charge in [0.25, 0.3) is 0 Å². The second kappa shape index (κ2) is 8.63. The van der Waals surface area contributed by atoms with Crippen LogP contribution in [0.1, 0.15) is 31.2 Å². The van der Waals surface area contributed by atoms with Gasteiger partial charge in [-0.05, 0) is 49.8 Å². The van der Waals surface area contributed by atoms with Gasteiger partial charge in [-0.3, -0.25) is 0 Å². The fourth-order valence-corrected chi connectivity index (χ4v) is 2.69. The number of urea groups is 1. The number of β-amino-alcohol motifs (C(OH)–C–C–N with tert-alkyl or cyclic N) is 1. The van der Waals surface area contributed by atoms with E-state index in [4.69, 9.17) is 4.74 Å². The number of carbonyl (C=O) groups is 1. The zero-order valence-corrected chi connectivity index (χ0v) is 13.3. The standard InChI is InChI=1S/C17H26N2O3/c1-22-16-9-7-14(8-10-16)5-2-3-11-18-17(21)19-12-4-6-15(20)13-19/h7-10,15,20H,2-6,11-13H2,1H3,(H,18,21)/t15-/m0/s1. The Hall–Kier alpha value is -1.75. The molecule has 5 nitrogen and oxygen atoms in total. The lowest BCUT2D eigenvalue weighted by molar-refractivity contribution is 0.0843. The minimum atomic E-state index is -0.366. The Bertz CT molecular complexity index is 461. The van der Waals surface area contributed by atoms with Crippen LogP contribution < -0.4 is 10.1 Å². The first-order chi connectivity index (χ1) is 10.7. The van der Waals surface area contributed by atoms with Gasteiger partial charge in [-0.1, -0.05) is 12.1 Å². The average molecular weight is 306 g/mol. The second-order valence-corrected chi connectivity index (χ2v) is 5.78. The summed E-state index contributed by atoms with van der Waals surface area (Å²) in [7, 11) is 1.67. The van der Waals surface area contributed by atoms with E-state index in [0.717, 1.165) is 44.4 Å². The van der Waals surface area contributed by atoms with E-state index in [1.807, 2.05) is 12.1 Å². The van der Waals surface area contributed by atoms with Gasteiger partial charge in [-0.2, -0.15) is 0 Å². The van der Waals surface area contributed by atoms with E-state index in [0.29, 0.717) is 13.1 Å². The fourth-order valence-electron chi connectivity index (χ4n) is 2.69. The van der Waals surface area contributed by atoms with Gasteiger partial charge < -0.3 is 20.1 Å². The van der Waals surface area contributed by atoms with Gasteiger partial charge in [0.05, 0.1) is 13.2 Å². The number of carbonyl (C=O) groups excluding carboxylic acids is 1. The van der Waals surface area contributed by atoms with Crippen LogP contribution in [0.5, 0.6) is 5.75 Å². The lowest BCUT2D eigenvalue weighted by Crippen LogP contribution is -2.47. The number of unbranched alkanes of at least 4 members (excludes halogenated alkanes) is 1. The molecule has 1 aliphatic rings. The van der Waals surface area contributed by atoms with Crippen LogP contribution in [0, 0.1) is 0 Å². The molecule has 0 aliphatic carbocycles. The third-order valence-corrected chi connectivity index (χ3v) is 4.01. The van der Waals surface area contributed by atoms with Gasteiger partial charge in [0, 0.05) is 19.6 Å². The van der Waals surface area contributed by atoms with Gasteiger partial charge in [0.1, 0.15) is 5.75 Å². The van der Waals surface area contributed by atoms with Crippen LogP contribution in [0.3, 0.4) is 0 Å². The number of hydrogen-bond donors (Lipinski definition) is 2. The monoisotopic (exact) mass is 306 g/mol. The quantitative estimate of drug-likeness (QED) is 0.792. The molecular formula is C17H26N2O3. The number of aliphatic hydroxyl groups is 1. The molecule has 1 atom stereocenters. The molecule has 1 saturated heterocycles. The van der Waals surface area contributed by atoms with E-state index in [9.17, 15) is 9.90 Å². The predicted octanol–water partition coefficient (Wildman–Crippen LogP) is 2.18. The molecule has 1 heterocycles. The first-order valence-electron chi connectivity index (χ1n) is 8.03. The zero-order chi connectivity index (χ0) is 15.8. The Morgan fingerprint density at radius 2 is 2.14 bits per heavy atom. The van der Waals surface area contributed by atoms with Crippen LogP contribution in [0.2, 0.25) is 0 Å². The highest BCUT2D eigenvalue weighted by Crippen LogP contribution is 2.13. The maximum Gasteiger partial charge on any atom is 0.317 e. The van der Waals surface area contributed by atoms with Gasteiger partial charge in [0.15, 0.2) is 0 Å². The summed E-state index contributed by atoms with van der Waals surface area (Å²) in [5, 5.41) is 12.5. The molecule has 22 heavy (non-hydrogen) atoms. The summed E-state index contributed by atoms with van der Waals surface area (Å²) >= 11 is 0. The molecule has 0 aromatic heterocycles. The predicted molar refractivity (Wildman–Crippen MR) is 86.1 cm³/mol. The highest BCUT2D eigenvalue weighted by Gasteiger charge is 2.21. The molecule has 1 aromatic carbocycles. The Labute approximate surface area is 132 Å². The van der Waals surface area contributed by atoms with E-state index in [1.54, 1.807) is 12.0 Å². The summed E-state index contributed by atoms with van der Waals surface area (Å²) in [6.07, 6.45) is 4.30. The number of likely N-dealkylation sites (tertiary alicyclic amines) is 1. The van der Waals surface area contributed by atoms with E-state index < -0.39 is 0 Å². The molecule has 1 aromatic rings. The number of piperidine rings is 1. The molecule has 0 saturated carbocycles. The van der Waals surface area contributed by atoms with Crippen LogP contribution in [-0.4, -0.2) is 48.9 Å². The van der Waals surface area contributed by atoms with Crippen molar-refractivity contribution in [3.8, 4) is 5.75 Å². The third kappa shape index (κ3) is 5.22. The first kappa shape index (κ1) is 16.6. The molecule has 0 spiro atoms. The van der Waals surface area contributed by atoms with Crippen LogP contribution >= 0.6 is 0 Å². The van der Waals surface area contributed by atoms with Crippen molar-refractivity contribution < 1.29 is 14.6 Å². The van der Waals surface area contributed by atoms with Crippen molar-refractivity contribution in [2.24, 2.45) is 0 Å². The van der Waals surface area contributed by atoms with Crippen molar-refractivity contribution in [1.82, 2.24) is 10.2 Å². The molecule has 0 bridgehead atoms. The van der Waals surface area contributed by atoms with Crippen LogP contribution in [0.25, 0.3) is 0 Å². The molecule has 2 amide bonds. The summed E-state index contributed by atoms with van der Waals surface area (Å²) in [6.45, 7) is 1.88. The van der Waals surface area contributed by atoms with E-state index in [2.05, 4.69) is 17.4 Å². The number of aryl methyl sites for hydroxylation is 1. The Kier molecular flexibility index (Phi) is 6.52. The first-order valence-corrected chi connectivity index (χ1v) is 8.03. The maximum absolute atomic E-state index is 11.9. The van der Waals surface area contributed by atoms with Crippen molar-refractivity contribution in [1.29, 1.82) is 0 Å². The number of benzene rings is 1. The minimum absolute atomic E-state index is 0.0526. The molecule has 1 aliphatic heterocycles. The topological polar surface area (TPSA) is 61.8 Å². The van der Waals surface area contributed by atoms with E-state index in [1.165, 1.54) is 5.56 Å². The SMILES string of the molecule is COc1ccc(CCCCNC(=O)N2CCC[C@H](O)C2)cc1. The number of nitrogens with one attached hydrogen (secondary N) is 1. The van der Waals surface area contributed by atoms with Gasteiger partial charge in [-0.25, -0.2) is 4.79 Å². The smallest absolute Gasteiger partial charge is 0.317 e. The van der Waals surface area contributed by atoms with Crippen LogP contribution in [0.15, 0.2) is 24.3 Å². The van der Waals surface area contributed by atoms with E-state index >= 15 is 0 Å². The second-order valence-electron chi connectivity index (χ2n) is 5.78. The number of ether oxygens (including phenoxy) is 1. The summed E-state index contributed by atoms with van der Waals surface area (Å²) in [6, 6.07) is 8.04. The van der Waals surface area contributed by atoms with E-state index in [-0.39, 0.29) is 12.1 Å². The highest BCUT2D eigenvalue weighted by molar-refractivity contribution is 5.74. The molecular weight excluding hydrogens is 280 g/mol.